The molecule has 0 saturated heterocycles. The summed E-state index contributed by atoms with van der Waals surface area (Å²) < 4.78 is 2.32. The van der Waals surface area contributed by atoms with Crippen LogP contribution in [0.15, 0.2) is 43.0 Å². The van der Waals surface area contributed by atoms with Gasteiger partial charge in [-0.1, -0.05) is 0 Å². The molecule has 7 heteroatoms. The van der Waals surface area contributed by atoms with Crippen molar-refractivity contribution in [1.29, 1.82) is 0 Å². The third kappa shape index (κ3) is 2.20. The van der Waals surface area contributed by atoms with E-state index < -0.39 is 0 Å². The molecule has 4 heterocycles. The predicted octanol–water partition coefficient (Wildman–Crippen LogP) is 3.45. The van der Waals surface area contributed by atoms with Gasteiger partial charge in [-0.25, -0.2) is 4.98 Å². The molecule has 0 fully saturated rings. The Morgan fingerprint density at radius 1 is 1.08 bits per heavy atom. The van der Waals surface area contributed by atoms with Crippen LogP contribution in [0.1, 0.15) is 23.7 Å². The fourth-order valence-corrected chi connectivity index (χ4v) is 4.41. The van der Waals surface area contributed by atoms with Gasteiger partial charge in [0.05, 0.1) is 21.6 Å². The highest BCUT2D eigenvalue weighted by atomic mass is 32.1. The number of H-pyrrole nitrogens is 2. The second-order valence-corrected chi connectivity index (χ2v) is 7.15. The van der Waals surface area contributed by atoms with Gasteiger partial charge in [-0.2, -0.15) is 10.2 Å². The molecule has 4 aromatic rings. The first kappa shape index (κ1) is 13.7. The number of aryl methyl sites for hydroxylation is 1. The summed E-state index contributed by atoms with van der Waals surface area (Å²) in [6, 6.07) is 6.70. The van der Waals surface area contributed by atoms with Crippen LogP contribution in [0.5, 0.6) is 0 Å². The second-order valence-electron chi connectivity index (χ2n) is 6.06. The number of aromatic amines is 2. The average molecular weight is 336 g/mol. The number of aromatic nitrogens is 6. The lowest BCUT2D eigenvalue weighted by atomic mass is 9.93. The van der Waals surface area contributed by atoms with Gasteiger partial charge < -0.3 is 4.57 Å². The van der Waals surface area contributed by atoms with Crippen LogP contribution in [0, 0.1) is 0 Å². The first-order chi connectivity index (χ1) is 11.9. The minimum absolute atomic E-state index is 0.435. The fraction of sp³-hybridized carbons (Fsp3) is 0.235. The molecule has 0 saturated carbocycles. The van der Waals surface area contributed by atoms with Gasteiger partial charge in [-0.3, -0.25) is 10.2 Å². The van der Waals surface area contributed by atoms with Crippen LogP contribution in [0.25, 0.3) is 21.3 Å². The number of fused-ring (bicyclic) bond motifs is 1. The standard InChI is InChI=1S/C17H16N6S/c1-2-13-11(10-20-21-13)9-12(1)23-8-7-18-17(23)16-4-3-15(24-16)14-5-6-19-22-14/h3-8,10,12H,1-2,9H2,(H,19,22)(H,20,21)/t12-/m1/s1. The van der Waals surface area contributed by atoms with Crippen LogP contribution in [0.3, 0.4) is 0 Å². The molecule has 0 aliphatic heterocycles. The molecule has 0 spiro atoms. The summed E-state index contributed by atoms with van der Waals surface area (Å²) in [7, 11) is 0. The zero-order valence-electron chi connectivity index (χ0n) is 12.9. The Kier molecular flexibility index (Phi) is 3.12. The monoisotopic (exact) mass is 336 g/mol. The molecule has 120 valence electrons. The quantitative estimate of drug-likeness (QED) is 0.601. The summed E-state index contributed by atoms with van der Waals surface area (Å²) in [5.41, 5.74) is 3.66. The Morgan fingerprint density at radius 2 is 2.04 bits per heavy atom. The maximum absolute atomic E-state index is 4.62. The van der Waals surface area contributed by atoms with Gasteiger partial charge >= 0.3 is 0 Å². The van der Waals surface area contributed by atoms with Gasteiger partial charge in [0.2, 0.25) is 0 Å². The number of nitrogens with one attached hydrogen (secondary N) is 2. The van der Waals surface area contributed by atoms with Crippen molar-refractivity contribution in [2.75, 3.05) is 0 Å². The molecule has 0 radical (unpaired) electrons. The van der Waals surface area contributed by atoms with E-state index in [0.29, 0.717) is 6.04 Å². The molecule has 0 unspecified atom stereocenters. The maximum atomic E-state index is 4.62. The minimum Gasteiger partial charge on any atom is -0.327 e. The normalized spacial score (nSPS) is 17.1. The summed E-state index contributed by atoms with van der Waals surface area (Å²) in [5, 5.41) is 14.3. The lowest BCUT2D eigenvalue weighted by molar-refractivity contribution is 0.444. The van der Waals surface area contributed by atoms with Crippen molar-refractivity contribution in [2.45, 2.75) is 25.3 Å². The predicted molar refractivity (Wildman–Crippen MR) is 92.8 cm³/mol. The molecule has 24 heavy (non-hydrogen) atoms. The first-order valence-corrected chi connectivity index (χ1v) is 8.84. The highest BCUT2D eigenvalue weighted by Gasteiger charge is 2.24. The number of nitrogens with zero attached hydrogens (tertiary/aromatic N) is 4. The maximum Gasteiger partial charge on any atom is 0.150 e. The topological polar surface area (TPSA) is 75.2 Å². The van der Waals surface area contributed by atoms with Crippen molar-refractivity contribution in [3.05, 3.63) is 54.2 Å². The van der Waals surface area contributed by atoms with E-state index in [2.05, 4.69) is 48.3 Å². The van der Waals surface area contributed by atoms with Crippen LogP contribution in [-0.2, 0) is 12.8 Å². The van der Waals surface area contributed by atoms with Crippen molar-refractivity contribution in [3.8, 4) is 21.3 Å². The summed E-state index contributed by atoms with van der Waals surface area (Å²) in [4.78, 5) is 6.99. The third-order valence-electron chi connectivity index (χ3n) is 4.65. The molecular weight excluding hydrogens is 320 g/mol. The molecule has 4 aromatic heterocycles. The van der Waals surface area contributed by atoms with Gasteiger partial charge in [0.25, 0.3) is 0 Å². The van der Waals surface area contributed by atoms with Gasteiger partial charge in [0.15, 0.2) is 0 Å². The van der Waals surface area contributed by atoms with Gasteiger partial charge in [0, 0.05) is 30.3 Å². The third-order valence-corrected chi connectivity index (χ3v) is 5.76. The molecular formula is C17H16N6S. The number of thiophene rings is 1. The smallest absolute Gasteiger partial charge is 0.150 e. The van der Waals surface area contributed by atoms with Crippen molar-refractivity contribution in [3.63, 3.8) is 0 Å². The molecule has 1 aliphatic carbocycles. The Hall–Kier alpha value is -2.67. The number of rotatable bonds is 3. The molecule has 1 aliphatic rings. The zero-order valence-corrected chi connectivity index (χ0v) is 13.8. The van der Waals surface area contributed by atoms with Crippen molar-refractivity contribution in [1.82, 2.24) is 29.9 Å². The lowest BCUT2D eigenvalue weighted by Crippen LogP contribution is -2.18. The van der Waals surface area contributed by atoms with Crippen molar-refractivity contribution < 1.29 is 0 Å². The number of hydrogen-bond donors (Lipinski definition) is 2. The van der Waals surface area contributed by atoms with Crippen molar-refractivity contribution >= 4 is 11.3 Å². The SMILES string of the molecule is c1cc(-c2ccc(-c3nccn3[C@@H]3CCc4[nH]ncc4C3)s2)[nH]n1. The number of hydrogen-bond acceptors (Lipinski definition) is 4. The van der Waals surface area contributed by atoms with E-state index in [-0.39, 0.29) is 0 Å². The fourth-order valence-electron chi connectivity index (χ4n) is 3.43. The highest BCUT2D eigenvalue weighted by molar-refractivity contribution is 7.18. The van der Waals surface area contributed by atoms with Crippen LogP contribution < -0.4 is 0 Å². The Bertz CT molecular complexity index is 961. The summed E-state index contributed by atoms with van der Waals surface area (Å²) in [6.45, 7) is 0. The molecule has 6 nitrogen and oxygen atoms in total. The summed E-state index contributed by atoms with van der Waals surface area (Å²) >= 11 is 1.74. The van der Waals surface area contributed by atoms with E-state index in [4.69, 9.17) is 0 Å². The van der Waals surface area contributed by atoms with E-state index in [1.54, 1.807) is 17.5 Å². The van der Waals surface area contributed by atoms with Gasteiger partial charge in [0.1, 0.15) is 5.82 Å². The van der Waals surface area contributed by atoms with Crippen LogP contribution in [-0.4, -0.2) is 29.9 Å². The largest absolute Gasteiger partial charge is 0.327 e. The van der Waals surface area contributed by atoms with E-state index in [1.165, 1.54) is 21.0 Å². The van der Waals surface area contributed by atoms with E-state index in [9.17, 15) is 0 Å². The zero-order chi connectivity index (χ0) is 15.9. The molecule has 1 atom stereocenters. The lowest BCUT2D eigenvalue weighted by Gasteiger charge is -2.24. The Balaban J connectivity index is 1.48. The minimum atomic E-state index is 0.435. The van der Waals surface area contributed by atoms with Crippen LogP contribution in [0.4, 0.5) is 0 Å². The Labute approximate surface area is 142 Å². The first-order valence-electron chi connectivity index (χ1n) is 8.02. The molecule has 5 rings (SSSR count). The molecule has 2 N–H and O–H groups in total. The average Bonchev–Trinajstić information content (AvgIpc) is 3.41. The van der Waals surface area contributed by atoms with E-state index in [1.807, 2.05) is 18.5 Å². The summed E-state index contributed by atoms with van der Waals surface area (Å²) in [6.07, 6.45) is 10.9. The van der Waals surface area contributed by atoms with Crippen molar-refractivity contribution in [2.24, 2.45) is 0 Å². The highest BCUT2D eigenvalue weighted by Crippen LogP contribution is 2.36. The van der Waals surface area contributed by atoms with Crippen LogP contribution >= 0.6 is 11.3 Å². The van der Waals surface area contributed by atoms with Gasteiger partial charge in [-0.05, 0) is 43.0 Å². The molecule has 0 amide bonds. The van der Waals surface area contributed by atoms with E-state index >= 15 is 0 Å². The number of imidazole rings is 1. The molecule has 0 aromatic carbocycles. The van der Waals surface area contributed by atoms with Gasteiger partial charge in [-0.15, -0.1) is 11.3 Å². The second kappa shape index (κ2) is 5.45. The Morgan fingerprint density at radius 3 is 2.96 bits per heavy atom. The van der Waals surface area contributed by atoms with Crippen LogP contribution in [0.2, 0.25) is 0 Å². The summed E-state index contributed by atoms with van der Waals surface area (Å²) in [5.74, 6) is 1.04. The molecule has 0 bridgehead atoms. The van der Waals surface area contributed by atoms with E-state index in [0.717, 1.165) is 30.8 Å².